The van der Waals surface area contributed by atoms with Crippen molar-refractivity contribution in [3.05, 3.63) is 29.8 Å². The van der Waals surface area contributed by atoms with E-state index in [2.05, 4.69) is 15.0 Å². The Kier molecular flexibility index (Phi) is 2.52. The molecule has 0 N–H and O–H groups in total. The van der Waals surface area contributed by atoms with Crippen LogP contribution in [-0.2, 0) is 5.88 Å². The second-order valence-corrected chi connectivity index (χ2v) is 3.53. The number of alkyl halides is 1. The van der Waals surface area contributed by atoms with Gasteiger partial charge in [0.15, 0.2) is 0 Å². The summed E-state index contributed by atoms with van der Waals surface area (Å²) in [5.41, 5.74) is 1.83. The average molecular weight is 212 g/mol. The molecule has 0 atom stereocenters. The first-order valence-corrected chi connectivity index (χ1v) is 5.07. The van der Waals surface area contributed by atoms with E-state index >= 15 is 0 Å². The van der Waals surface area contributed by atoms with Gasteiger partial charge < -0.3 is 0 Å². The van der Waals surface area contributed by atoms with Crippen LogP contribution >= 0.6 is 22.9 Å². The molecule has 5 heteroatoms. The fourth-order valence-corrected chi connectivity index (χ4v) is 1.93. The Morgan fingerprint density at radius 2 is 2.08 bits per heavy atom. The second kappa shape index (κ2) is 3.81. The molecule has 2 aromatic rings. The monoisotopic (exact) mass is 211 g/mol. The van der Waals surface area contributed by atoms with E-state index in [9.17, 15) is 0 Å². The van der Waals surface area contributed by atoms with Gasteiger partial charge in [0.25, 0.3) is 0 Å². The molecule has 0 amide bonds. The molecule has 0 fully saturated rings. The molecular formula is C8H6ClN3S. The van der Waals surface area contributed by atoms with Gasteiger partial charge in [0.05, 0.1) is 11.6 Å². The predicted molar refractivity (Wildman–Crippen MR) is 52.7 cm³/mol. The highest BCUT2D eigenvalue weighted by Crippen LogP contribution is 2.22. The Balaban J connectivity index is 2.36. The van der Waals surface area contributed by atoms with E-state index in [1.54, 1.807) is 23.7 Å². The van der Waals surface area contributed by atoms with Crippen molar-refractivity contribution in [3.63, 3.8) is 0 Å². The van der Waals surface area contributed by atoms with Crippen molar-refractivity contribution in [2.45, 2.75) is 5.88 Å². The minimum Gasteiger partial charge on any atom is -0.244 e. The summed E-state index contributed by atoms with van der Waals surface area (Å²) in [5.74, 6) is 0.449. The zero-order valence-electron chi connectivity index (χ0n) is 6.64. The molecule has 0 aliphatic carbocycles. The molecule has 0 aliphatic heterocycles. The lowest BCUT2D eigenvalue weighted by atomic mass is 10.4. The summed E-state index contributed by atoms with van der Waals surface area (Å²) in [6.45, 7) is 0. The average Bonchev–Trinajstić information content (AvgIpc) is 2.67. The fraction of sp³-hybridized carbons (Fsp3) is 0.125. The van der Waals surface area contributed by atoms with Gasteiger partial charge >= 0.3 is 0 Å². The molecule has 66 valence electrons. The highest BCUT2D eigenvalue weighted by atomic mass is 35.5. The molecule has 0 bridgehead atoms. The van der Waals surface area contributed by atoms with Gasteiger partial charge in [0.1, 0.15) is 11.3 Å². The minimum atomic E-state index is 0.449. The lowest BCUT2D eigenvalue weighted by Gasteiger charge is -1.91. The smallest absolute Gasteiger partial charge is 0.126 e. The Morgan fingerprint density at radius 1 is 1.31 bits per heavy atom. The van der Waals surface area contributed by atoms with E-state index in [1.807, 2.05) is 5.38 Å². The highest BCUT2D eigenvalue weighted by Gasteiger charge is 2.03. The van der Waals surface area contributed by atoms with Crippen LogP contribution < -0.4 is 0 Å². The third-order valence-corrected chi connectivity index (χ3v) is 2.71. The standard InChI is InChI=1S/C8H6ClN3S/c9-1-7-4-13-8(12-7)6-2-10-5-11-3-6/h2-5H,1H2. The Hall–Kier alpha value is -1.00. The second-order valence-electron chi connectivity index (χ2n) is 2.40. The molecule has 0 saturated heterocycles. The van der Waals surface area contributed by atoms with Crippen molar-refractivity contribution in [1.29, 1.82) is 0 Å². The SMILES string of the molecule is ClCc1csc(-c2cncnc2)n1. The van der Waals surface area contributed by atoms with Crippen molar-refractivity contribution in [1.82, 2.24) is 15.0 Å². The Labute approximate surface area is 84.5 Å². The van der Waals surface area contributed by atoms with Crippen molar-refractivity contribution in [2.75, 3.05) is 0 Å². The summed E-state index contributed by atoms with van der Waals surface area (Å²) >= 11 is 7.19. The van der Waals surface area contributed by atoms with Crippen LogP contribution in [0.5, 0.6) is 0 Å². The molecule has 2 aromatic heterocycles. The Bertz CT molecular complexity index is 387. The van der Waals surface area contributed by atoms with Crippen molar-refractivity contribution >= 4 is 22.9 Å². The topological polar surface area (TPSA) is 38.7 Å². The lowest BCUT2D eigenvalue weighted by Crippen LogP contribution is -1.82. The van der Waals surface area contributed by atoms with Crippen LogP contribution in [0, 0.1) is 0 Å². The van der Waals surface area contributed by atoms with Gasteiger partial charge in [0, 0.05) is 23.3 Å². The quantitative estimate of drug-likeness (QED) is 0.716. The van der Waals surface area contributed by atoms with E-state index in [4.69, 9.17) is 11.6 Å². The van der Waals surface area contributed by atoms with Crippen LogP contribution in [0.15, 0.2) is 24.1 Å². The molecule has 0 saturated carbocycles. The van der Waals surface area contributed by atoms with Gasteiger partial charge in [-0.2, -0.15) is 0 Å². The molecule has 0 spiro atoms. The van der Waals surface area contributed by atoms with E-state index in [0.29, 0.717) is 5.88 Å². The fourth-order valence-electron chi connectivity index (χ4n) is 0.910. The zero-order chi connectivity index (χ0) is 9.10. The predicted octanol–water partition coefficient (Wildman–Crippen LogP) is 2.34. The minimum absolute atomic E-state index is 0.449. The number of thiazole rings is 1. The van der Waals surface area contributed by atoms with Crippen LogP contribution in [0.25, 0.3) is 10.6 Å². The van der Waals surface area contributed by atoms with Crippen molar-refractivity contribution in [2.24, 2.45) is 0 Å². The first kappa shape index (κ1) is 8.59. The third kappa shape index (κ3) is 1.84. The lowest BCUT2D eigenvalue weighted by molar-refractivity contribution is 1.16. The van der Waals surface area contributed by atoms with Gasteiger partial charge in [-0.05, 0) is 0 Å². The summed E-state index contributed by atoms with van der Waals surface area (Å²) in [6.07, 6.45) is 4.98. The van der Waals surface area contributed by atoms with Gasteiger partial charge in [-0.25, -0.2) is 15.0 Å². The molecule has 0 aliphatic rings. The molecule has 0 aromatic carbocycles. The molecule has 2 rings (SSSR count). The van der Waals surface area contributed by atoms with Gasteiger partial charge in [-0.1, -0.05) is 0 Å². The first-order valence-electron chi connectivity index (χ1n) is 3.66. The summed E-state index contributed by atoms with van der Waals surface area (Å²) in [7, 11) is 0. The molecule has 2 heterocycles. The summed E-state index contributed by atoms with van der Waals surface area (Å²) in [4.78, 5) is 12.1. The van der Waals surface area contributed by atoms with Crippen LogP contribution in [0.4, 0.5) is 0 Å². The normalized spacial score (nSPS) is 10.2. The van der Waals surface area contributed by atoms with Crippen molar-refractivity contribution < 1.29 is 0 Å². The third-order valence-electron chi connectivity index (χ3n) is 1.50. The van der Waals surface area contributed by atoms with Crippen molar-refractivity contribution in [3.8, 4) is 10.6 Å². The summed E-state index contributed by atoms with van der Waals surface area (Å²) < 4.78 is 0. The first-order chi connectivity index (χ1) is 6.40. The number of rotatable bonds is 2. The van der Waals surface area contributed by atoms with E-state index in [1.165, 1.54) is 6.33 Å². The molecule has 0 radical (unpaired) electrons. The number of hydrogen-bond donors (Lipinski definition) is 0. The maximum absolute atomic E-state index is 5.64. The molecular weight excluding hydrogens is 206 g/mol. The van der Waals surface area contributed by atoms with E-state index in [-0.39, 0.29) is 0 Å². The number of aromatic nitrogens is 3. The van der Waals surface area contributed by atoms with Crippen LogP contribution in [0.2, 0.25) is 0 Å². The van der Waals surface area contributed by atoms with Gasteiger partial charge in [-0.3, -0.25) is 0 Å². The number of hydrogen-bond acceptors (Lipinski definition) is 4. The molecule has 13 heavy (non-hydrogen) atoms. The molecule has 3 nitrogen and oxygen atoms in total. The maximum Gasteiger partial charge on any atom is 0.126 e. The van der Waals surface area contributed by atoms with Gasteiger partial charge in [0.2, 0.25) is 0 Å². The van der Waals surface area contributed by atoms with Crippen LogP contribution in [0.3, 0.4) is 0 Å². The summed E-state index contributed by atoms with van der Waals surface area (Å²) in [6, 6.07) is 0. The zero-order valence-corrected chi connectivity index (χ0v) is 8.22. The molecule has 0 unspecified atom stereocenters. The van der Waals surface area contributed by atoms with Crippen LogP contribution in [-0.4, -0.2) is 15.0 Å². The number of halogens is 1. The highest BCUT2D eigenvalue weighted by molar-refractivity contribution is 7.13. The van der Waals surface area contributed by atoms with E-state index < -0.39 is 0 Å². The van der Waals surface area contributed by atoms with E-state index in [0.717, 1.165) is 16.3 Å². The Morgan fingerprint density at radius 3 is 2.69 bits per heavy atom. The number of nitrogens with zero attached hydrogens (tertiary/aromatic N) is 3. The van der Waals surface area contributed by atoms with Gasteiger partial charge in [-0.15, -0.1) is 22.9 Å². The maximum atomic E-state index is 5.64. The summed E-state index contributed by atoms with van der Waals surface area (Å²) in [5, 5.41) is 2.85. The largest absolute Gasteiger partial charge is 0.244 e. The van der Waals surface area contributed by atoms with Crippen LogP contribution in [0.1, 0.15) is 5.69 Å².